The molecule has 1 amide bonds. The number of nitrogens with zero attached hydrogens (tertiary/aromatic N) is 1. The molecule has 3 nitrogen and oxygen atoms in total. The largest absolute Gasteiger partial charge is 0.270 e. The van der Waals surface area contributed by atoms with Crippen LogP contribution in [0.4, 0.5) is 0 Å². The van der Waals surface area contributed by atoms with Crippen LogP contribution in [0.2, 0.25) is 0 Å². The monoisotopic (exact) mass is 256 g/mol. The van der Waals surface area contributed by atoms with E-state index in [9.17, 15) is 4.79 Å². The average Bonchev–Trinajstić information content (AvgIpc) is 2.39. The van der Waals surface area contributed by atoms with Gasteiger partial charge in [-0.15, -0.1) is 0 Å². The van der Waals surface area contributed by atoms with E-state index in [0.717, 1.165) is 0 Å². The van der Waals surface area contributed by atoms with Crippen molar-refractivity contribution in [2.75, 3.05) is 0 Å². The zero-order valence-corrected chi connectivity index (χ0v) is 11.6. The zero-order chi connectivity index (χ0) is 13.9. The number of allylic oxidation sites excluding steroid dienone is 2. The topological polar surface area (TPSA) is 32.3 Å². The van der Waals surface area contributed by atoms with Crippen LogP contribution in [0.1, 0.15) is 31.1 Å². The van der Waals surface area contributed by atoms with Crippen LogP contribution in [0.25, 0.3) is 0 Å². The van der Waals surface area contributed by atoms with Gasteiger partial charge in [0, 0.05) is 23.9 Å². The fourth-order valence-corrected chi connectivity index (χ4v) is 1.91. The van der Waals surface area contributed by atoms with E-state index in [2.05, 4.69) is 38.3 Å². The Balaban J connectivity index is 1.97. The van der Waals surface area contributed by atoms with Gasteiger partial charge in [-0.3, -0.25) is 15.2 Å². The molecule has 0 aromatic heterocycles. The summed E-state index contributed by atoms with van der Waals surface area (Å²) in [5.74, 6) is 0.279. The summed E-state index contributed by atoms with van der Waals surface area (Å²) in [5, 5.41) is 1.69. The van der Waals surface area contributed by atoms with E-state index >= 15 is 0 Å². The fourth-order valence-electron chi connectivity index (χ4n) is 1.91. The highest BCUT2D eigenvalue weighted by Crippen LogP contribution is 2.29. The third-order valence-corrected chi connectivity index (χ3v) is 3.17. The first-order valence-electron chi connectivity index (χ1n) is 6.48. The summed E-state index contributed by atoms with van der Waals surface area (Å²) in [4.78, 5) is 12.0. The number of amides is 1. The molecule has 2 rings (SSSR count). The number of carbonyl (C=O) groups excluding carboxylic acids is 1. The molecule has 1 aliphatic rings. The Morgan fingerprint density at radius 2 is 1.68 bits per heavy atom. The van der Waals surface area contributed by atoms with Crippen molar-refractivity contribution in [2.45, 2.75) is 20.8 Å². The molecule has 0 spiro atoms. The van der Waals surface area contributed by atoms with Crippen LogP contribution in [0.5, 0.6) is 0 Å². The maximum absolute atomic E-state index is 12.0. The van der Waals surface area contributed by atoms with Gasteiger partial charge in [-0.25, -0.2) is 0 Å². The first-order valence-corrected chi connectivity index (χ1v) is 6.48. The van der Waals surface area contributed by atoms with Crippen molar-refractivity contribution in [1.82, 2.24) is 10.4 Å². The molecular formula is C16H20N2O. The number of rotatable bonds is 2. The lowest BCUT2D eigenvalue weighted by atomic mass is 9.80. The summed E-state index contributed by atoms with van der Waals surface area (Å²) in [6.07, 6.45) is 8.00. The molecule has 0 saturated heterocycles. The predicted molar refractivity (Wildman–Crippen MR) is 77.0 cm³/mol. The second-order valence-corrected chi connectivity index (χ2v) is 5.79. The number of hydrazine groups is 1. The zero-order valence-electron chi connectivity index (χ0n) is 11.6. The Labute approximate surface area is 114 Å². The Morgan fingerprint density at radius 1 is 1.11 bits per heavy atom. The molecule has 1 aromatic carbocycles. The summed E-state index contributed by atoms with van der Waals surface area (Å²) in [6, 6.07) is 9.19. The van der Waals surface area contributed by atoms with E-state index in [1.165, 1.54) is 0 Å². The summed E-state index contributed by atoms with van der Waals surface area (Å²) in [7, 11) is 0. The third-order valence-electron chi connectivity index (χ3n) is 3.17. The fraction of sp³-hybridized carbons (Fsp3) is 0.312. The van der Waals surface area contributed by atoms with E-state index in [1.807, 2.05) is 30.6 Å². The predicted octanol–water partition coefficient (Wildman–Crippen LogP) is 3.34. The number of benzene rings is 1. The normalized spacial score (nSPS) is 15.6. The molecular weight excluding hydrogens is 236 g/mol. The quantitative estimate of drug-likeness (QED) is 0.880. The third kappa shape index (κ3) is 3.47. The average molecular weight is 256 g/mol. The molecule has 0 saturated carbocycles. The van der Waals surface area contributed by atoms with Crippen molar-refractivity contribution in [1.29, 1.82) is 0 Å². The number of nitrogens with one attached hydrogen (secondary N) is 1. The molecule has 0 bridgehead atoms. The van der Waals surface area contributed by atoms with Crippen molar-refractivity contribution >= 4 is 5.91 Å². The van der Waals surface area contributed by atoms with Crippen LogP contribution in [0.3, 0.4) is 0 Å². The molecule has 1 aliphatic heterocycles. The molecule has 0 radical (unpaired) electrons. The molecule has 1 heterocycles. The van der Waals surface area contributed by atoms with E-state index in [4.69, 9.17) is 0 Å². The van der Waals surface area contributed by atoms with Crippen molar-refractivity contribution in [3.63, 3.8) is 0 Å². The lowest BCUT2D eigenvalue weighted by molar-refractivity contribution is 0.0883. The minimum absolute atomic E-state index is 0.107. The maximum Gasteiger partial charge on any atom is 0.270 e. The van der Waals surface area contributed by atoms with Gasteiger partial charge in [0.15, 0.2) is 0 Å². The van der Waals surface area contributed by atoms with Gasteiger partial charge in [-0.05, 0) is 17.5 Å². The molecule has 0 unspecified atom stereocenters. The van der Waals surface area contributed by atoms with Gasteiger partial charge in [0.05, 0.1) is 0 Å². The number of carbonyl (C=O) groups is 1. The number of hydrogen-bond donors (Lipinski definition) is 1. The molecule has 1 N–H and O–H groups in total. The van der Waals surface area contributed by atoms with E-state index < -0.39 is 0 Å². The summed E-state index contributed by atoms with van der Waals surface area (Å²) in [6.45, 7) is 6.60. The second kappa shape index (κ2) is 5.31. The Bertz CT molecular complexity index is 483. The first-order chi connectivity index (χ1) is 8.97. The van der Waals surface area contributed by atoms with Gasteiger partial charge < -0.3 is 0 Å². The van der Waals surface area contributed by atoms with Crippen molar-refractivity contribution in [3.8, 4) is 0 Å². The summed E-state index contributed by atoms with van der Waals surface area (Å²) in [5.41, 5.74) is 3.68. The molecule has 0 fully saturated rings. The molecule has 3 heteroatoms. The molecule has 0 aliphatic carbocycles. The number of hydrogen-bond acceptors (Lipinski definition) is 2. The van der Waals surface area contributed by atoms with Crippen LogP contribution >= 0.6 is 0 Å². The van der Waals surface area contributed by atoms with E-state index in [0.29, 0.717) is 11.5 Å². The highest BCUT2D eigenvalue weighted by Gasteiger charge is 2.22. The molecule has 1 aromatic rings. The van der Waals surface area contributed by atoms with Gasteiger partial charge in [0.25, 0.3) is 5.91 Å². The highest BCUT2D eigenvalue weighted by molar-refractivity contribution is 5.93. The molecule has 0 atom stereocenters. The Kier molecular flexibility index (Phi) is 3.74. The van der Waals surface area contributed by atoms with Gasteiger partial charge >= 0.3 is 0 Å². The highest BCUT2D eigenvalue weighted by atomic mass is 16.2. The lowest BCUT2D eigenvalue weighted by Crippen LogP contribution is -2.36. The lowest BCUT2D eigenvalue weighted by Gasteiger charge is -2.30. The van der Waals surface area contributed by atoms with Crippen molar-refractivity contribution in [3.05, 3.63) is 60.4 Å². The minimum Gasteiger partial charge on any atom is -0.269 e. The maximum atomic E-state index is 12.0. The second-order valence-electron chi connectivity index (χ2n) is 5.79. The van der Waals surface area contributed by atoms with Crippen LogP contribution in [0.15, 0.2) is 54.9 Å². The standard InChI is InChI=1S/C16H20N2O/c1-16(2,3)14-9-11-18(12-10-14)17-15(19)13-7-5-4-6-8-13/h4-12,14H,1-3H3,(H,17,19). The summed E-state index contributed by atoms with van der Waals surface area (Å²) < 4.78 is 0. The Hall–Kier alpha value is -2.03. The smallest absolute Gasteiger partial charge is 0.269 e. The van der Waals surface area contributed by atoms with E-state index in [1.54, 1.807) is 17.1 Å². The van der Waals surface area contributed by atoms with Crippen LogP contribution < -0.4 is 5.43 Å². The first kappa shape index (κ1) is 13.4. The van der Waals surface area contributed by atoms with Gasteiger partial charge in [-0.2, -0.15) is 0 Å². The summed E-state index contributed by atoms with van der Waals surface area (Å²) >= 11 is 0. The van der Waals surface area contributed by atoms with Crippen molar-refractivity contribution < 1.29 is 4.79 Å². The van der Waals surface area contributed by atoms with Crippen LogP contribution in [-0.4, -0.2) is 10.9 Å². The Morgan fingerprint density at radius 3 is 2.21 bits per heavy atom. The molecule has 19 heavy (non-hydrogen) atoms. The van der Waals surface area contributed by atoms with Crippen LogP contribution in [-0.2, 0) is 0 Å². The van der Waals surface area contributed by atoms with Gasteiger partial charge in [0.1, 0.15) is 0 Å². The molecule has 100 valence electrons. The van der Waals surface area contributed by atoms with Crippen LogP contribution in [0, 0.1) is 11.3 Å². The van der Waals surface area contributed by atoms with Crippen molar-refractivity contribution in [2.24, 2.45) is 11.3 Å². The SMILES string of the molecule is CC(C)(C)C1C=CN(NC(=O)c2ccccc2)C=C1. The van der Waals surface area contributed by atoms with Gasteiger partial charge in [0.2, 0.25) is 0 Å². The van der Waals surface area contributed by atoms with Gasteiger partial charge in [-0.1, -0.05) is 51.1 Å². The minimum atomic E-state index is -0.107. The van der Waals surface area contributed by atoms with E-state index in [-0.39, 0.29) is 11.3 Å².